The second kappa shape index (κ2) is 7.59. The highest BCUT2D eigenvalue weighted by molar-refractivity contribution is 5.29. The number of hydrogen-bond donors (Lipinski definition) is 1. The van der Waals surface area contributed by atoms with Crippen LogP contribution in [0.1, 0.15) is 24.2 Å². The standard InChI is InChI=1S/C16H21N3O2/c1-4-17-15(14-8-9-16(21-3)19-18-14)11-12-6-5-7-13(10-12)20-2/h5-10,15,17H,4,11H2,1-3H3. The van der Waals surface area contributed by atoms with Crippen LogP contribution in [0.4, 0.5) is 0 Å². The topological polar surface area (TPSA) is 56.3 Å². The minimum absolute atomic E-state index is 0.112. The summed E-state index contributed by atoms with van der Waals surface area (Å²) >= 11 is 0. The third kappa shape index (κ3) is 4.16. The Kier molecular flexibility index (Phi) is 5.51. The van der Waals surface area contributed by atoms with Gasteiger partial charge in [0.05, 0.1) is 26.0 Å². The zero-order valence-electron chi connectivity index (χ0n) is 12.7. The van der Waals surface area contributed by atoms with Crippen LogP contribution >= 0.6 is 0 Å². The Bertz CT molecular complexity index is 558. The zero-order valence-corrected chi connectivity index (χ0v) is 12.7. The van der Waals surface area contributed by atoms with Crippen molar-refractivity contribution in [3.05, 3.63) is 47.7 Å². The van der Waals surface area contributed by atoms with Gasteiger partial charge in [0.25, 0.3) is 0 Å². The van der Waals surface area contributed by atoms with Crippen molar-refractivity contribution in [2.24, 2.45) is 0 Å². The molecular weight excluding hydrogens is 266 g/mol. The van der Waals surface area contributed by atoms with Crippen LogP contribution in [0.5, 0.6) is 11.6 Å². The monoisotopic (exact) mass is 287 g/mol. The summed E-state index contributed by atoms with van der Waals surface area (Å²) in [7, 11) is 3.26. The van der Waals surface area contributed by atoms with Crippen LogP contribution in [-0.4, -0.2) is 31.0 Å². The van der Waals surface area contributed by atoms with E-state index < -0.39 is 0 Å². The molecule has 1 aromatic carbocycles. The smallest absolute Gasteiger partial charge is 0.233 e. The van der Waals surface area contributed by atoms with Crippen molar-refractivity contribution < 1.29 is 9.47 Å². The minimum Gasteiger partial charge on any atom is -0.497 e. The molecule has 0 aliphatic rings. The normalized spacial score (nSPS) is 12.0. The van der Waals surface area contributed by atoms with Crippen molar-refractivity contribution in [2.45, 2.75) is 19.4 Å². The zero-order chi connectivity index (χ0) is 15.1. The molecule has 0 aliphatic heterocycles. The van der Waals surface area contributed by atoms with Gasteiger partial charge in [-0.3, -0.25) is 0 Å². The molecule has 1 unspecified atom stereocenters. The minimum atomic E-state index is 0.112. The van der Waals surface area contributed by atoms with Gasteiger partial charge in [-0.05, 0) is 36.7 Å². The highest BCUT2D eigenvalue weighted by Crippen LogP contribution is 2.20. The number of aromatic nitrogens is 2. The van der Waals surface area contributed by atoms with Gasteiger partial charge in [0.15, 0.2) is 0 Å². The molecule has 1 N–H and O–H groups in total. The number of nitrogens with one attached hydrogen (secondary N) is 1. The first-order valence-corrected chi connectivity index (χ1v) is 7.00. The van der Waals surface area contributed by atoms with Gasteiger partial charge >= 0.3 is 0 Å². The Labute approximate surface area is 125 Å². The number of nitrogens with zero attached hydrogens (tertiary/aromatic N) is 2. The van der Waals surface area contributed by atoms with Crippen molar-refractivity contribution in [3.8, 4) is 11.6 Å². The van der Waals surface area contributed by atoms with Gasteiger partial charge in [-0.15, -0.1) is 5.10 Å². The summed E-state index contributed by atoms with van der Waals surface area (Å²) < 4.78 is 10.3. The summed E-state index contributed by atoms with van der Waals surface area (Å²) in [6, 6.07) is 12.0. The molecule has 21 heavy (non-hydrogen) atoms. The lowest BCUT2D eigenvalue weighted by Gasteiger charge is -2.17. The molecule has 0 fully saturated rings. The fourth-order valence-corrected chi connectivity index (χ4v) is 2.19. The van der Waals surface area contributed by atoms with Gasteiger partial charge < -0.3 is 14.8 Å². The van der Waals surface area contributed by atoms with Crippen molar-refractivity contribution in [1.29, 1.82) is 0 Å². The molecule has 0 spiro atoms. The summed E-state index contributed by atoms with van der Waals surface area (Å²) in [4.78, 5) is 0. The van der Waals surface area contributed by atoms with Gasteiger partial charge in [-0.1, -0.05) is 19.1 Å². The Morgan fingerprint density at radius 1 is 1.10 bits per heavy atom. The summed E-state index contributed by atoms with van der Waals surface area (Å²) in [5.41, 5.74) is 2.10. The average molecular weight is 287 g/mol. The summed E-state index contributed by atoms with van der Waals surface area (Å²) in [6.07, 6.45) is 0.825. The van der Waals surface area contributed by atoms with Gasteiger partial charge in [0.1, 0.15) is 5.75 Å². The van der Waals surface area contributed by atoms with Gasteiger partial charge in [0.2, 0.25) is 5.88 Å². The van der Waals surface area contributed by atoms with Gasteiger partial charge in [-0.2, -0.15) is 5.10 Å². The lowest BCUT2D eigenvalue weighted by atomic mass is 10.0. The lowest BCUT2D eigenvalue weighted by molar-refractivity contribution is 0.389. The van der Waals surface area contributed by atoms with Crippen LogP contribution in [0.2, 0.25) is 0 Å². The number of methoxy groups -OCH3 is 2. The van der Waals surface area contributed by atoms with Crippen LogP contribution in [0.25, 0.3) is 0 Å². The first-order chi connectivity index (χ1) is 10.3. The fraction of sp³-hybridized carbons (Fsp3) is 0.375. The summed E-state index contributed by atoms with van der Waals surface area (Å²) in [5.74, 6) is 1.39. The average Bonchev–Trinajstić information content (AvgIpc) is 2.55. The Morgan fingerprint density at radius 2 is 1.95 bits per heavy atom. The van der Waals surface area contributed by atoms with E-state index >= 15 is 0 Å². The van der Waals surface area contributed by atoms with Crippen molar-refractivity contribution in [2.75, 3.05) is 20.8 Å². The number of likely N-dealkylation sites (N-methyl/N-ethyl adjacent to an activating group) is 1. The second-order valence-corrected chi connectivity index (χ2v) is 4.67. The summed E-state index contributed by atoms with van der Waals surface area (Å²) in [5, 5.41) is 11.7. The molecule has 2 rings (SSSR count). The molecule has 0 saturated heterocycles. The molecule has 1 aromatic heterocycles. The van der Waals surface area contributed by atoms with Crippen LogP contribution in [0.15, 0.2) is 36.4 Å². The predicted molar refractivity (Wildman–Crippen MR) is 81.7 cm³/mol. The first-order valence-electron chi connectivity index (χ1n) is 7.00. The maximum atomic E-state index is 5.27. The van der Waals surface area contributed by atoms with E-state index in [0.29, 0.717) is 5.88 Å². The van der Waals surface area contributed by atoms with Gasteiger partial charge in [0, 0.05) is 6.07 Å². The van der Waals surface area contributed by atoms with E-state index in [9.17, 15) is 0 Å². The van der Waals surface area contributed by atoms with E-state index in [1.54, 1.807) is 14.2 Å². The molecule has 5 heteroatoms. The Morgan fingerprint density at radius 3 is 2.57 bits per heavy atom. The van der Waals surface area contributed by atoms with Crippen LogP contribution < -0.4 is 14.8 Å². The Balaban J connectivity index is 2.17. The number of hydrogen-bond acceptors (Lipinski definition) is 5. The molecule has 0 bridgehead atoms. The molecule has 0 aliphatic carbocycles. The lowest BCUT2D eigenvalue weighted by Crippen LogP contribution is -2.24. The molecule has 1 atom stereocenters. The number of benzene rings is 1. The molecule has 0 saturated carbocycles. The molecule has 2 aromatic rings. The van der Waals surface area contributed by atoms with Crippen LogP contribution in [-0.2, 0) is 6.42 Å². The fourth-order valence-electron chi connectivity index (χ4n) is 2.19. The van der Waals surface area contributed by atoms with Crippen LogP contribution in [0.3, 0.4) is 0 Å². The predicted octanol–water partition coefficient (Wildman–Crippen LogP) is 2.39. The third-order valence-corrected chi connectivity index (χ3v) is 3.25. The van der Waals surface area contributed by atoms with Gasteiger partial charge in [-0.25, -0.2) is 0 Å². The largest absolute Gasteiger partial charge is 0.497 e. The first kappa shape index (κ1) is 15.3. The van der Waals surface area contributed by atoms with Crippen molar-refractivity contribution in [1.82, 2.24) is 15.5 Å². The highest BCUT2D eigenvalue weighted by Gasteiger charge is 2.14. The molecule has 0 radical (unpaired) electrons. The molecule has 1 heterocycles. The van der Waals surface area contributed by atoms with E-state index in [1.807, 2.05) is 30.3 Å². The molecule has 0 amide bonds. The Hall–Kier alpha value is -2.14. The van der Waals surface area contributed by atoms with E-state index in [-0.39, 0.29) is 6.04 Å². The van der Waals surface area contributed by atoms with Crippen LogP contribution in [0, 0.1) is 0 Å². The van der Waals surface area contributed by atoms with E-state index in [4.69, 9.17) is 9.47 Å². The second-order valence-electron chi connectivity index (χ2n) is 4.67. The quantitative estimate of drug-likeness (QED) is 0.847. The molecule has 5 nitrogen and oxygen atoms in total. The molecule has 112 valence electrons. The van der Waals surface area contributed by atoms with Crippen molar-refractivity contribution in [3.63, 3.8) is 0 Å². The number of rotatable bonds is 7. The van der Waals surface area contributed by atoms with Crippen molar-refractivity contribution >= 4 is 0 Å². The maximum absolute atomic E-state index is 5.27. The summed E-state index contributed by atoms with van der Waals surface area (Å²) in [6.45, 7) is 2.94. The highest BCUT2D eigenvalue weighted by atomic mass is 16.5. The molecular formula is C16H21N3O2. The SMILES string of the molecule is CCNC(Cc1cccc(OC)c1)c1ccc(OC)nn1. The number of ether oxygens (including phenoxy) is 2. The van der Waals surface area contributed by atoms with E-state index in [2.05, 4.69) is 28.5 Å². The maximum Gasteiger partial charge on any atom is 0.233 e. The van der Waals surface area contributed by atoms with E-state index in [1.165, 1.54) is 5.56 Å². The van der Waals surface area contributed by atoms with E-state index in [0.717, 1.165) is 24.4 Å². The third-order valence-electron chi connectivity index (χ3n) is 3.25.